The van der Waals surface area contributed by atoms with Crippen LogP contribution in [0, 0.1) is 5.92 Å². The van der Waals surface area contributed by atoms with Crippen LogP contribution in [0.15, 0.2) is 17.5 Å². The normalized spacial score (nSPS) is 21.3. The van der Waals surface area contributed by atoms with Gasteiger partial charge in [-0.15, -0.1) is 11.3 Å². The van der Waals surface area contributed by atoms with Crippen LogP contribution in [0.4, 0.5) is 0 Å². The molecule has 4 nitrogen and oxygen atoms in total. The van der Waals surface area contributed by atoms with E-state index in [0.717, 1.165) is 6.42 Å². The van der Waals surface area contributed by atoms with Crippen molar-refractivity contribution in [3.63, 3.8) is 0 Å². The van der Waals surface area contributed by atoms with Crippen LogP contribution in [-0.2, 0) is 16.0 Å². The molecular formula is C16H24N2O2S. The van der Waals surface area contributed by atoms with E-state index in [1.165, 1.54) is 4.88 Å². The van der Waals surface area contributed by atoms with Crippen LogP contribution in [0.1, 0.15) is 38.5 Å². The zero-order valence-corrected chi connectivity index (χ0v) is 13.8. The van der Waals surface area contributed by atoms with Crippen molar-refractivity contribution in [2.75, 3.05) is 6.54 Å². The molecule has 0 aromatic carbocycles. The summed E-state index contributed by atoms with van der Waals surface area (Å²) in [6.07, 6.45) is 1.95. The van der Waals surface area contributed by atoms with Crippen LogP contribution in [0.25, 0.3) is 0 Å². The van der Waals surface area contributed by atoms with Crippen LogP contribution in [0.3, 0.4) is 0 Å². The summed E-state index contributed by atoms with van der Waals surface area (Å²) in [4.78, 5) is 27.7. The largest absolute Gasteiger partial charge is 0.344 e. The zero-order valence-electron chi connectivity index (χ0n) is 13.0. The molecule has 0 bridgehead atoms. The molecule has 2 rings (SSSR count). The Morgan fingerprint density at radius 1 is 1.38 bits per heavy atom. The molecule has 1 aromatic rings. The van der Waals surface area contributed by atoms with E-state index in [4.69, 9.17) is 0 Å². The minimum Gasteiger partial charge on any atom is -0.344 e. The minimum atomic E-state index is -0.370. The number of carbonyl (C=O) groups excluding carboxylic acids is 2. The first-order valence-corrected chi connectivity index (χ1v) is 8.47. The van der Waals surface area contributed by atoms with Gasteiger partial charge < -0.3 is 10.2 Å². The van der Waals surface area contributed by atoms with Crippen molar-refractivity contribution in [3.8, 4) is 0 Å². The second-order valence-electron chi connectivity index (χ2n) is 6.16. The molecule has 0 radical (unpaired) electrons. The van der Waals surface area contributed by atoms with E-state index in [1.54, 1.807) is 11.3 Å². The molecule has 5 heteroatoms. The van der Waals surface area contributed by atoms with Crippen molar-refractivity contribution in [1.29, 1.82) is 0 Å². The van der Waals surface area contributed by atoms with Crippen molar-refractivity contribution in [3.05, 3.63) is 22.4 Å². The maximum atomic E-state index is 12.7. The van der Waals surface area contributed by atoms with Gasteiger partial charge in [0, 0.05) is 30.3 Å². The van der Waals surface area contributed by atoms with Crippen molar-refractivity contribution in [2.24, 2.45) is 5.92 Å². The molecule has 1 saturated heterocycles. The van der Waals surface area contributed by atoms with Gasteiger partial charge in [0.1, 0.15) is 6.04 Å². The maximum absolute atomic E-state index is 12.7. The predicted molar refractivity (Wildman–Crippen MR) is 85.2 cm³/mol. The Bertz CT molecular complexity index is 484. The highest BCUT2D eigenvalue weighted by atomic mass is 32.1. The van der Waals surface area contributed by atoms with E-state index < -0.39 is 0 Å². The number of nitrogens with zero attached hydrogens (tertiary/aromatic N) is 1. The maximum Gasteiger partial charge on any atom is 0.245 e. The molecule has 1 aromatic heterocycles. The van der Waals surface area contributed by atoms with E-state index >= 15 is 0 Å². The highest BCUT2D eigenvalue weighted by Gasteiger charge is 2.32. The van der Waals surface area contributed by atoms with Crippen molar-refractivity contribution < 1.29 is 9.59 Å². The van der Waals surface area contributed by atoms with Gasteiger partial charge >= 0.3 is 0 Å². The first-order valence-electron chi connectivity index (χ1n) is 7.59. The number of rotatable bonds is 5. The third-order valence-electron chi connectivity index (χ3n) is 3.81. The van der Waals surface area contributed by atoms with Crippen molar-refractivity contribution >= 4 is 23.2 Å². The first kappa shape index (κ1) is 16.0. The lowest BCUT2D eigenvalue weighted by Crippen LogP contribution is -2.48. The van der Waals surface area contributed by atoms with Gasteiger partial charge in [-0.2, -0.15) is 0 Å². The van der Waals surface area contributed by atoms with Gasteiger partial charge in [-0.3, -0.25) is 9.59 Å². The van der Waals surface area contributed by atoms with Crippen molar-refractivity contribution in [2.45, 2.75) is 52.1 Å². The van der Waals surface area contributed by atoms with Gasteiger partial charge in [0.15, 0.2) is 0 Å². The molecule has 1 N–H and O–H groups in total. The van der Waals surface area contributed by atoms with Gasteiger partial charge in [-0.25, -0.2) is 0 Å². The van der Waals surface area contributed by atoms with Crippen LogP contribution in [0.5, 0.6) is 0 Å². The topological polar surface area (TPSA) is 49.4 Å². The Morgan fingerprint density at radius 2 is 2.14 bits per heavy atom. The molecule has 1 aliphatic rings. The molecule has 21 heavy (non-hydrogen) atoms. The van der Waals surface area contributed by atoms with E-state index in [2.05, 4.69) is 37.5 Å². The van der Waals surface area contributed by atoms with E-state index in [9.17, 15) is 9.59 Å². The molecular weight excluding hydrogens is 284 g/mol. The lowest BCUT2D eigenvalue weighted by Gasteiger charge is -2.30. The Kier molecular flexibility index (Phi) is 5.39. The minimum absolute atomic E-state index is 0.0141. The van der Waals surface area contributed by atoms with Gasteiger partial charge in [0.25, 0.3) is 0 Å². The number of hydrogen-bond acceptors (Lipinski definition) is 3. The van der Waals surface area contributed by atoms with Crippen molar-refractivity contribution in [1.82, 2.24) is 10.2 Å². The molecule has 2 unspecified atom stereocenters. The summed E-state index contributed by atoms with van der Waals surface area (Å²) in [6.45, 7) is 6.74. The average Bonchev–Trinajstić information content (AvgIpc) is 2.85. The average molecular weight is 308 g/mol. The highest BCUT2D eigenvalue weighted by molar-refractivity contribution is 7.09. The number of amides is 2. The standard InChI is InChI=1S/C16H24N2O2S/c1-11(2)9-14-16(20)18(7-6-15(19)17-14)12(3)10-13-5-4-8-21-13/h4-5,8,11-12,14H,6-7,9-10H2,1-3H3,(H,17,19). The zero-order chi connectivity index (χ0) is 15.4. The van der Waals surface area contributed by atoms with Crippen LogP contribution in [-0.4, -0.2) is 35.3 Å². The molecule has 0 spiro atoms. The Morgan fingerprint density at radius 3 is 2.76 bits per heavy atom. The molecule has 1 aliphatic heterocycles. The second-order valence-corrected chi connectivity index (χ2v) is 7.20. The summed E-state index contributed by atoms with van der Waals surface area (Å²) in [7, 11) is 0. The second kappa shape index (κ2) is 7.07. The fourth-order valence-electron chi connectivity index (χ4n) is 2.76. The Labute approximate surface area is 130 Å². The molecule has 116 valence electrons. The lowest BCUT2D eigenvalue weighted by atomic mass is 10.0. The van der Waals surface area contributed by atoms with E-state index in [1.807, 2.05) is 11.0 Å². The summed E-state index contributed by atoms with van der Waals surface area (Å²) in [5.74, 6) is 0.435. The summed E-state index contributed by atoms with van der Waals surface area (Å²) in [5, 5.41) is 4.93. The Hall–Kier alpha value is -1.36. The summed E-state index contributed by atoms with van der Waals surface area (Å²) >= 11 is 1.71. The number of hydrogen-bond donors (Lipinski definition) is 1. The first-order chi connectivity index (χ1) is 9.97. The smallest absolute Gasteiger partial charge is 0.245 e. The quantitative estimate of drug-likeness (QED) is 0.908. The SMILES string of the molecule is CC(C)CC1NC(=O)CCN(C(C)Cc2cccs2)C1=O. The summed E-state index contributed by atoms with van der Waals surface area (Å²) in [5.41, 5.74) is 0. The van der Waals surface area contributed by atoms with Gasteiger partial charge in [0.05, 0.1) is 0 Å². The predicted octanol–water partition coefficient (Wildman–Crippen LogP) is 2.44. The summed E-state index contributed by atoms with van der Waals surface area (Å²) < 4.78 is 0. The van der Waals surface area contributed by atoms with Crippen LogP contribution in [0.2, 0.25) is 0 Å². The van der Waals surface area contributed by atoms with Crippen LogP contribution < -0.4 is 5.32 Å². The monoisotopic (exact) mass is 308 g/mol. The third kappa shape index (κ3) is 4.30. The fraction of sp³-hybridized carbons (Fsp3) is 0.625. The number of nitrogens with one attached hydrogen (secondary N) is 1. The number of thiophene rings is 1. The van der Waals surface area contributed by atoms with Crippen LogP contribution >= 0.6 is 11.3 Å². The fourth-order valence-corrected chi connectivity index (χ4v) is 3.59. The van der Waals surface area contributed by atoms with Gasteiger partial charge in [-0.05, 0) is 30.7 Å². The molecule has 2 amide bonds. The van der Waals surface area contributed by atoms with E-state index in [0.29, 0.717) is 25.3 Å². The third-order valence-corrected chi connectivity index (χ3v) is 4.71. The Balaban J connectivity index is 2.09. The lowest BCUT2D eigenvalue weighted by molar-refractivity contribution is -0.135. The molecule has 0 saturated carbocycles. The van der Waals surface area contributed by atoms with Gasteiger partial charge in [-0.1, -0.05) is 19.9 Å². The number of carbonyl (C=O) groups is 2. The summed E-state index contributed by atoms with van der Waals surface area (Å²) in [6, 6.07) is 3.88. The molecule has 2 atom stereocenters. The van der Waals surface area contributed by atoms with Gasteiger partial charge in [0.2, 0.25) is 11.8 Å². The molecule has 0 aliphatic carbocycles. The molecule has 2 heterocycles. The highest BCUT2D eigenvalue weighted by Crippen LogP contribution is 2.18. The van der Waals surface area contributed by atoms with E-state index in [-0.39, 0.29) is 23.9 Å². The molecule has 1 fully saturated rings.